The van der Waals surface area contributed by atoms with Gasteiger partial charge in [-0.1, -0.05) is 0 Å². The maximum absolute atomic E-state index is 11.6. The molecule has 0 aliphatic carbocycles. The van der Waals surface area contributed by atoms with Crippen molar-refractivity contribution in [1.29, 1.82) is 0 Å². The zero-order valence-corrected chi connectivity index (χ0v) is 13.6. The van der Waals surface area contributed by atoms with Crippen LogP contribution in [0.2, 0.25) is 0 Å². The van der Waals surface area contributed by atoms with Gasteiger partial charge in [-0.25, -0.2) is 4.98 Å². The summed E-state index contributed by atoms with van der Waals surface area (Å²) in [6, 6.07) is 7.59. The van der Waals surface area contributed by atoms with Crippen molar-refractivity contribution in [3.05, 3.63) is 35.3 Å². The molecule has 2 rings (SSSR count). The van der Waals surface area contributed by atoms with E-state index in [4.69, 9.17) is 0 Å². The minimum atomic E-state index is 0. The number of nitrogens with one attached hydrogen (secondary N) is 3. The van der Waals surface area contributed by atoms with Crippen molar-refractivity contribution in [2.24, 2.45) is 0 Å². The Kier molecular flexibility index (Phi) is 7.14. The van der Waals surface area contributed by atoms with Crippen LogP contribution >= 0.6 is 23.7 Å². The molecule has 0 fully saturated rings. The molecule has 1 aromatic carbocycles. The summed E-state index contributed by atoms with van der Waals surface area (Å²) in [5.74, 6) is 0.00982. The highest BCUT2D eigenvalue weighted by Gasteiger charge is 2.02. The van der Waals surface area contributed by atoms with Crippen molar-refractivity contribution in [3.8, 4) is 0 Å². The van der Waals surface area contributed by atoms with Crippen molar-refractivity contribution in [2.75, 3.05) is 24.2 Å². The van der Waals surface area contributed by atoms with Gasteiger partial charge >= 0.3 is 0 Å². The van der Waals surface area contributed by atoms with E-state index in [1.165, 1.54) is 0 Å². The first kappa shape index (κ1) is 17.4. The molecular weight excluding hydrogens is 308 g/mol. The van der Waals surface area contributed by atoms with E-state index < -0.39 is 0 Å². The van der Waals surface area contributed by atoms with Crippen LogP contribution in [0.5, 0.6) is 0 Å². The van der Waals surface area contributed by atoms with E-state index in [0.717, 1.165) is 22.2 Å². The summed E-state index contributed by atoms with van der Waals surface area (Å²) in [4.78, 5) is 15.9. The molecule has 0 saturated carbocycles. The fourth-order valence-electron chi connectivity index (χ4n) is 1.63. The smallest absolute Gasteiger partial charge is 0.225 e. The van der Waals surface area contributed by atoms with Gasteiger partial charge in [0.2, 0.25) is 5.91 Å². The first-order valence-corrected chi connectivity index (χ1v) is 7.29. The average molecular weight is 327 g/mol. The molecule has 0 radical (unpaired) electrons. The topological polar surface area (TPSA) is 66.1 Å². The molecule has 2 aromatic rings. The minimum Gasteiger partial charge on any atom is -0.332 e. The zero-order chi connectivity index (χ0) is 14.4. The standard InChI is InChI=1S/C14H18N4OS.ClH/c1-10-9-20-14(16-10)18-12-5-3-11(4-6-12)17-13(19)7-8-15-2;/h3-6,9,15H,7-8H2,1-2H3,(H,16,18)(H,17,19);1H. The molecule has 1 amide bonds. The van der Waals surface area contributed by atoms with Crippen molar-refractivity contribution < 1.29 is 4.79 Å². The first-order valence-electron chi connectivity index (χ1n) is 6.41. The van der Waals surface area contributed by atoms with E-state index in [1.54, 1.807) is 11.3 Å². The number of anilines is 3. The molecule has 1 heterocycles. The monoisotopic (exact) mass is 326 g/mol. The number of carbonyl (C=O) groups is 1. The van der Waals surface area contributed by atoms with Gasteiger partial charge in [0, 0.05) is 29.7 Å². The van der Waals surface area contributed by atoms with Crippen molar-refractivity contribution in [1.82, 2.24) is 10.3 Å². The number of thiazole rings is 1. The maximum Gasteiger partial charge on any atom is 0.225 e. The predicted octanol–water partition coefficient (Wildman–Crippen LogP) is 3.16. The third-order valence-corrected chi connectivity index (χ3v) is 3.52. The molecule has 0 spiro atoms. The number of benzene rings is 1. The highest BCUT2D eigenvalue weighted by atomic mass is 35.5. The van der Waals surface area contributed by atoms with Gasteiger partial charge in [-0.15, -0.1) is 23.7 Å². The number of halogens is 1. The van der Waals surface area contributed by atoms with Crippen LogP contribution in [0, 0.1) is 6.92 Å². The number of hydrogen-bond donors (Lipinski definition) is 3. The Morgan fingerprint density at radius 2 is 1.90 bits per heavy atom. The number of aryl methyl sites for hydroxylation is 1. The third kappa shape index (κ3) is 5.71. The lowest BCUT2D eigenvalue weighted by Crippen LogP contribution is -2.18. The molecule has 114 valence electrons. The van der Waals surface area contributed by atoms with Crippen molar-refractivity contribution in [3.63, 3.8) is 0 Å². The maximum atomic E-state index is 11.6. The highest BCUT2D eigenvalue weighted by Crippen LogP contribution is 2.21. The van der Waals surface area contributed by atoms with Crippen LogP contribution in [0.3, 0.4) is 0 Å². The van der Waals surface area contributed by atoms with Gasteiger partial charge < -0.3 is 16.0 Å². The number of carbonyl (C=O) groups excluding carboxylic acids is 1. The van der Waals surface area contributed by atoms with Crippen LogP contribution in [0.4, 0.5) is 16.5 Å². The summed E-state index contributed by atoms with van der Waals surface area (Å²) in [6.07, 6.45) is 0.467. The van der Waals surface area contributed by atoms with Crippen LogP contribution in [0.15, 0.2) is 29.6 Å². The molecule has 0 bridgehead atoms. The van der Waals surface area contributed by atoms with Crippen LogP contribution in [0.1, 0.15) is 12.1 Å². The van der Waals surface area contributed by atoms with Gasteiger partial charge in [0.1, 0.15) is 0 Å². The summed E-state index contributed by atoms with van der Waals surface area (Å²) < 4.78 is 0. The Morgan fingerprint density at radius 1 is 1.24 bits per heavy atom. The molecule has 1 aromatic heterocycles. The fraction of sp³-hybridized carbons (Fsp3) is 0.286. The Hall–Kier alpha value is -1.63. The van der Waals surface area contributed by atoms with Crippen LogP contribution in [-0.2, 0) is 4.79 Å². The molecular formula is C14H19ClN4OS. The number of rotatable bonds is 6. The summed E-state index contributed by atoms with van der Waals surface area (Å²) in [5, 5.41) is 11.9. The van der Waals surface area contributed by atoms with Crippen LogP contribution in [0.25, 0.3) is 0 Å². The Labute approximate surface area is 134 Å². The molecule has 0 aliphatic rings. The second-order valence-electron chi connectivity index (χ2n) is 4.40. The van der Waals surface area contributed by atoms with Gasteiger partial charge in [0.05, 0.1) is 5.69 Å². The normalized spacial score (nSPS) is 9.81. The Balaban J connectivity index is 0.00000220. The summed E-state index contributed by atoms with van der Waals surface area (Å²) in [5.41, 5.74) is 2.76. The molecule has 5 nitrogen and oxygen atoms in total. The largest absolute Gasteiger partial charge is 0.332 e. The quantitative estimate of drug-likeness (QED) is 0.763. The number of hydrogen-bond acceptors (Lipinski definition) is 5. The van der Waals surface area contributed by atoms with E-state index in [-0.39, 0.29) is 18.3 Å². The van der Waals surface area contributed by atoms with Crippen molar-refractivity contribution in [2.45, 2.75) is 13.3 Å². The molecule has 21 heavy (non-hydrogen) atoms. The lowest BCUT2D eigenvalue weighted by Gasteiger charge is -2.07. The van der Waals surface area contributed by atoms with Gasteiger partial charge in [0.25, 0.3) is 0 Å². The molecule has 7 heteroatoms. The van der Waals surface area contributed by atoms with Gasteiger partial charge in [-0.3, -0.25) is 4.79 Å². The minimum absolute atomic E-state index is 0. The number of nitrogens with zero attached hydrogens (tertiary/aromatic N) is 1. The van der Waals surface area contributed by atoms with Gasteiger partial charge in [0.15, 0.2) is 5.13 Å². The molecule has 0 unspecified atom stereocenters. The summed E-state index contributed by atoms with van der Waals surface area (Å²) >= 11 is 1.57. The molecule has 0 atom stereocenters. The van der Waals surface area contributed by atoms with Crippen LogP contribution in [-0.4, -0.2) is 24.5 Å². The third-order valence-electron chi connectivity index (χ3n) is 2.64. The van der Waals surface area contributed by atoms with E-state index in [1.807, 2.05) is 43.6 Å². The second-order valence-corrected chi connectivity index (χ2v) is 5.26. The number of amides is 1. The molecule has 3 N–H and O–H groups in total. The molecule has 0 saturated heterocycles. The lowest BCUT2D eigenvalue weighted by molar-refractivity contribution is -0.116. The van der Waals surface area contributed by atoms with E-state index >= 15 is 0 Å². The fourth-order valence-corrected chi connectivity index (χ4v) is 2.34. The first-order chi connectivity index (χ1) is 9.67. The zero-order valence-electron chi connectivity index (χ0n) is 12.0. The van der Waals surface area contributed by atoms with E-state index in [0.29, 0.717) is 13.0 Å². The van der Waals surface area contributed by atoms with Crippen molar-refractivity contribution >= 4 is 46.2 Å². The summed E-state index contributed by atoms with van der Waals surface area (Å²) in [7, 11) is 1.83. The second kappa shape index (κ2) is 8.61. The Morgan fingerprint density at radius 3 is 2.48 bits per heavy atom. The predicted molar refractivity (Wildman–Crippen MR) is 91.0 cm³/mol. The SMILES string of the molecule is CNCCC(=O)Nc1ccc(Nc2nc(C)cs2)cc1.Cl. The molecule has 0 aliphatic heterocycles. The Bertz CT molecular complexity index is 571. The van der Waals surface area contributed by atoms with Gasteiger partial charge in [-0.05, 0) is 38.2 Å². The van der Waals surface area contributed by atoms with E-state index in [2.05, 4.69) is 20.9 Å². The van der Waals surface area contributed by atoms with Gasteiger partial charge in [-0.2, -0.15) is 0 Å². The average Bonchev–Trinajstić information content (AvgIpc) is 2.84. The number of aromatic nitrogens is 1. The van der Waals surface area contributed by atoms with E-state index in [9.17, 15) is 4.79 Å². The van der Waals surface area contributed by atoms with Crippen LogP contribution < -0.4 is 16.0 Å². The summed E-state index contributed by atoms with van der Waals surface area (Å²) in [6.45, 7) is 2.64. The highest BCUT2D eigenvalue weighted by molar-refractivity contribution is 7.13. The lowest BCUT2D eigenvalue weighted by atomic mass is 10.2.